The Morgan fingerprint density at radius 1 is 1.53 bits per heavy atom. The Hall–Kier alpha value is -1.89. The molecule has 3 rings (SSSR count). The molecule has 17 heavy (non-hydrogen) atoms. The first-order valence-electron chi connectivity index (χ1n) is 5.74. The average molecular weight is 234 g/mol. The van der Waals surface area contributed by atoms with Crippen molar-refractivity contribution in [2.45, 2.75) is 18.9 Å². The second-order valence-electron chi connectivity index (χ2n) is 4.19. The monoisotopic (exact) mass is 234 g/mol. The van der Waals surface area contributed by atoms with Gasteiger partial charge in [0.25, 0.3) is 5.56 Å². The van der Waals surface area contributed by atoms with Gasteiger partial charge in [0.15, 0.2) is 0 Å². The molecule has 0 aromatic carbocycles. The molecule has 1 unspecified atom stereocenters. The van der Waals surface area contributed by atoms with Crippen molar-refractivity contribution >= 4 is 11.5 Å². The summed E-state index contributed by atoms with van der Waals surface area (Å²) >= 11 is 0. The van der Waals surface area contributed by atoms with Crippen LogP contribution in [0.4, 0.5) is 5.95 Å². The minimum Gasteiger partial charge on any atom is -0.349 e. The van der Waals surface area contributed by atoms with E-state index in [0.717, 1.165) is 25.9 Å². The van der Waals surface area contributed by atoms with Crippen LogP contribution < -0.4 is 16.2 Å². The summed E-state index contributed by atoms with van der Waals surface area (Å²) in [6, 6.07) is 2.00. The van der Waals surface area contributed by atoms with Crippen LogP contribution in [0.1, 0.15) is 12.8 Å². The van der Waals surface area contributed by atoms with Crippen LogP contribution in [0.2, 0.25) is 0 Å². The summed E-state index contributed by atoms with van der Waals surface area (Å²) in [7, 11) is 0. The van der Waals surface area contributed by atoms with Crippen LogP contribution >= 0.6 is 0 Å². The van der Waals surface area contributed by atoms with Crippen molar-refractivity contribution in [3.63, 3.8) is 0 Å². The Labute approximate surface area is 97.2 Å². The van der Waals surface area contributed by atoms with Gasteiger partial charge in [-0.3, -0.25) is 4.79 Å². The normalized spacial score (nSPS) is 20.6. The number of aromatic nitrogens is 4. The summed E-state index contributed by atoms with van der Waals surface area (Å²) in [5.41, 5.74) is 0.279. The van der Waals surface area contributed by atoms with E-state index in [1.54, 1.807) is 12.3 Å². The van der Waals surface area contributed by atoms with Crippen LogP contribution in [0.5, 0.6) is 0 Å². The van der Waals surface area contributed by atoms with Gasteiger partial charge in [0, 0.05) is 12.6 Å². The molecule has 2 aromatic rings. The first-order valence-corrected chi connectivity index (χ1v) is 5.74. The highest BCUT2D eigenvalue weighted by Gasteiger charge is 2.15. The predicted molar refractivity (Wildman–Crippen MR) is 63.1 cm³/mol. The molecule has 0 amide bonds. The number of hydrogen-bond acceptors (Lipinski definition) is 5. The third kappa shape index (κ3) is 1.89. The molecule has 0 bridgehead atoms. The summed E-state index contributed by atoms with van der Waals surface area (Å²) in [5.74, 6) is 0.582. The minimum atomic E-state index is -0.227. The van der Waals surface area contributed by atoms with Crippen molar-refractivity contribution in [1.29, 1.82) is 0 Å². The number of hydrogen-bond donors (Lipinski definition) is 3. The fourth-order valence-corrected chi connectivity index (χ4v) is 2.10. The number of anilines is 1. The number of aromatic amines is 1. The lowest BCUT2D eigenvalue weighted by molar-refractivity contribution is 0.476. The van der Waals surface area contributed by atoms with Crippen LogP contribution in [0.25, 0.3) is 5.52 Å². The molecule has 1 aliphatic rings. The Balaban J connectivity index is 1.92. The molecule has 0 spiro atoms. The molecule has 1 saturated heterocycles. The van der Waals surface area contributed by atoms with E-state index in [4.69, 9.17) is 0 Å². The van der Waals surface area contributed by atoms with Gasteiger partial charge in [-0.05, 0) is 25.5 Å². The van der Waals surface area contributed by atoms with E-state index < -0.39 is 0 Å². The molecule has 0 radical (unpaired) electrons. The lowest BCUT2D eigenvalue weighted by Gasteiger charge is -2.23. The fourth-order valence-electron chi connectivity index (χ4n) is 2.10. The van der Waals surface area contributed by atoms with Gasteiger partial charge in [-0.25, -0.2) is 5.10 Å². The Kier molecular flexibility index (Phi) is 2.52. The molecule has 7 nitrogen and oxygen atoms in total. The molecule has 1 atom stereocenters. The molecule has 0 aliphatic carbocycles. The lowest BCUT2D eigenvalue weighted by atomic mass is 10.1. The summed E-state index contributed by atoms with van der Waals surface area (Å²) in [6.07, 6.45) is 3.83. The van der Waals surface area contributed by atoms with Gasteiger partial charge < -0.3 is 10.6 Å². The smallest absolute Gasteiger partial charge is 0.290 e. The molecule has 1 aliphatic heterocycles. The van der Waals surface area contributed by atoms with E-state index in [0.29, 0.717) is 17.5 Å². The standard InChI is InChI=1S/C10H14N6O/c17-9-8-3-5-12-16(8)10(15-14-9)13-7-2-1-4-11-6-7/h3,5,7,11H,1-2,4,6H2,(H,13,15)(H,14,17). The van der Waals surface area contributed by atoms with E-state index >= 15 is 0 Å². The van der Waals surface area contributed by atoms with E-state index in [-0.39, 0.29) is 5.56 Å². The number of fused-ring (bicyclic) bond motifs is 1. The third-order valence-electron chi connectivity index (χ3n) is 2.97. The maximum atomic E-state index is 11.5. The summed E-state index contributed by atoms with van der Waals surface area (Å²) in [4.78, 5) is 11.5. The zero-order chi connectivity index (χ0) is 11.7. The lowest BCUT2D eigenvalue weighted by Crippen LogP contribution is -2.39. The zero-order valence-corrected chi connectivity index (χ0v) is 9.31. The van der Waals surface area contributed by atoms with Crippen molar-refractivity contribution in [3.05, 3.63) is 22.6 Å². The van der Waals surface area contributed by atoms with Gasteiger partial charge in [-0.15, -0.1) is 5.10 Å². The van der Waals surface area contributed by atoms with Crippen LogP contribution in [-0.2, 0) is 0 Å². The Morgan fingerprint density at radius 3 is 3.29 bits per heavy atom. The molecule has 90 valence electrons. The highest BCUT2D eigenvalue weighted by Crippen LogP contribution is 2.09. The van der Waals surface area contributed by atoms with Crippen molar-refractivity contribution in [2.24, 2.45) is 0 Å². The van der Waals surface area contributed by atoms with E-state index in [9.17, 15) is 4.79 Å². The SMILES string of the molecule is O=c1[nH]nc(NC2CCCNC2)n2nccc12. The van der Waals surface area contributed by atoms with Crippen LogP contribution in [0.15, 0.2) is 17.1 Å². The quantitative estimate of drug-likeness (QED) is 0.657. The second kappa shape index (κ2) is 4.17. The Bertz CT molecular complexity index is 567. The Morgan fingerprint density at radius 2 is 2.47 bits per heavy atom. The number of nitrogens with one attached hydrogen (secondary N) is 3. The molecule has 0 saturated carbocycles. The van der Waals surface area contributed by atoms with Gasteiger partial charge in [-0.1, -0.05) is 0 Å². The first-order chi connectivity index (χ1) is 8.34. The summed E-state index contributed by atoms with van der Waals surface area (Å²) in [5, 5.41) is 17.2. The van der Waals surface area contributed by atoms with Crippen LogP contribution in [0, 0.1) is 0 Å². The van der Waals surface area contributed by atoms with Crippen molar-refractivity contribution in [2.75, 3.05) is 18.4 Å². The number of nitrogens with zero attached hydrogens (tertiary/aromatic N) is 3. The molecular formula is C10H14N6O. The van der Waals surface area contributed by atoms with Crippen molar-refractivity contribution < 1.29 is 0 Å². The van der Waals surface area contributed by atoms with E-state index in [2.05, 4.69) is 25.9 Å². The third-order valence-corrected chi connectivity index (χ3v) is 2.97. The van der Waals surface area contributed by atoms with Gasteiger partial charge in [0.1, 0.15) is 5.52 Å². The van der Waals surface area contributed by atoms with Crippen molar-refractivity contribution in [1.82, 2.24) is 25.1 Å². The maximum absolute atomic E-state index is 11.5. The zero-order valence-electron chi connectivity index (χ0n) is 9.31. The second-order valence-corrected chi connectivity index (χ2v) is 4.19. The topological polar surface area (TPSA) is 87.1 Å². The van der Waals surface area contributed by atoms with Gasteiger partial charge >= 0.3 is 0 Å². The molecular weight excluding hydrogens is 220 g/mol. The average Bonchev–Trinajstić information content (AvgIpc) is 2.84. The number of H-pyrrole nitrogens is 1. The summed E-state index contributed by atoms with van der Waals surface area (Å²) in [6.45, 7) is 1.97. The molecule has 3 N–H and O–H groups in total. The van der Waals surface area contributed by atoms with Gasteiger partial charge in [-0.2, -0.15) is 9.61 Å². The van der Waals surface area contributed by atoms with E-state index in [1.807, 2.05) is 0 Å². The molecule has 2 aromatic heterocycles. The minimum absolute atomic E-state index is 0.227. The van der Waals surface area contributed by atoms with Crippen LogP contribution in [0.3, 0.4) is 0 Å². The molecule has 3 heterocycles. The highest BCUT2D eigenvalue weighted by molar-refractivity contribution is 5.47. The fraction of sp³-hybridized carbons (Fsp3) is 0.500. The highest BCUT2D eigenvalue weighted by atomic mass is 16.1. The summed E-state index contributed by atoms with van der Waals surface area (Å²) < 4.78 is 1.54. The van der Waals surface area contributed by atoms with Crippen LogP contribution in [-0.4, -0.2) is 38.9 Å². The molecule has 1 fully saturated rings. The van der Waals surface area contributed by atoms with Crippen molar-refractivity contribution in [3.8, 4) is 0 Å². The first kappa shape index (κ1) is 10.3. The number of piperidine rings is 1. The predicted octanol–water partition coefficient (Wildman–Crippen LogP) is -0.419. The van der Waals surface area contributed by atoms with Gasteiger partial charge in [0.05, 0.1) is 6.20 Å². The number of rotatable bonds is 2. The van der Waals surface area contributed by atoms with Gasteiger partial charge in [0.2, 0.25) is 5.95 Å². The van der Waals surface area contributed by atoms with E-state index in [1.165, 1.54) is 4.52 Å². The molecule has 7 heteroatoms. The largest absolute Gasteiger partial charge is 0.349 e. The maximum Gasteiger partial charge on any atom is 0.290 e.